The van der Waals surface area contributed by atoms with Gasteiger partial charge in [0.1, 0.15) is 0 Å². The van der Waals surface area contributed by atoms with Crippen LogP contribution in [0.15, 0.2) is 18.2 Å². The summed E-state index contributed by atoms with van der Waals surface area (Å²) in [6.07, 6.45) is -2.53. The zero-order chi connectivity index (χ0) is 7.56. The molecule has 1 aromatic carbocycles. The minimum Gasteiger partial charge on any atom is -0.205 e. The maximum Gasteiger partial charge on any atom is 0.265 e. The molecular formula is C7H4ClF2. The molecule has 0 aromatic heterocycles. The van der Waals surface area contributed by atoms with Gasteiger partial charge in [-0.05, 0) is 12.1 Å². The predicted octanol–water partition coefficient (Wildman–Crippen LogP) is 3.08. The van der Waals surface area contributed by atoms with Crippen molar-refractivity contribution < 1.29 is 8.78 Å². The van der Waals surface area contributed by atoms with Crippen molar-refractivity contribution in [3.05, 3.63) is 34.9 Å². The first-order valence-corrected chi connectivity index (χ1v) is 3.04. The molecule has 10 heavy (non-hydrogen) atoms. The van der Waals surface area contributed by atoms with Gasteiger partial charge in [0.15, 0.2) is 0 Å². The average Bonchev–Trinajstić information content (AvgIpc) is 1.88. The van der Waals surface area contributed by atoms with Gasteiger partial charge >= 0.3 is 0 Å². The molecule has 0 aliphatic carbocycles. The summed E-state index contributed by atoms with van der Waals surface area (Å²) in [6.45, 7) is 0. The molecule has 53 valence electrons. The van der Waals surface area contributed by atoms with Gasteiger partial charge in [0.25, 0.3) is 6.43 Å². The summed E-state index contributed by atoms with van der Waals surface area (Å²) in [5.74, 6) is 0. The molecule has 0 saturated carbocycles. The van der Waals surface area contributed by atoms with Gasteiger partial charge in [-0.2, -0.15) is 0 Å². The highest BCUT2D eigenvalue weighted by Crippen LogP contribution is 2.25. The topological polar surface area (TPSA) is 0 Å². The van der Waals surface area contributed by atoms with Gasteiger partial charge in [-0.1, -0.05) is 23.7 Å². The highest BCUT2D eigenvalue weighted by atomic mass is 35.5. The molecule has 0 heterocycles. The second kappa shape index (κ2) is 2.97. The van der Waals surface area contributed by atoms with E-state index in [2.05, 4.69) is 6.07 Å². The van der Waals surface area contributed by atoms with Crippen molar-refractivity contribution in [1.82, 2.24) is 0 Å². The molecule has 1 aromatic rings. The molecule has 0 amide bonds. The van der Waals surface area contributed by atoms with E-state index in [-0.39, 0.29) is 10.6 Å². The summed E-state index contributed by atoms with van der Waals surface area (Å²) in [4.78, 5) is 0. The van der Waals surface area contributed by atoms with Crippen LogP contribution in [0.1, 0.15) is 12.0 Å². The molecule has 0 bridgehead atoms. The van der Waals surface area contributed by atoms with Gasteiger partial charge < -0.3 is 0 Å². The van der Waals surface area contributed by atoms with Crippen LogP contribution in [-0.4, -0.2) is 0 Å². The first-order chi connectivity index (χ1) is 4.72. The molecule has 0 spiro atoms. The van der Waals surface area contributed by atoms with Crippen molar-refractivity contribution in [1.29, 1.82) is 0 Å². The second-order valence-corrected chi connectivity index (χ2v) is 2.14. The zero-order valence-electron chi connectivity index (χ0n) is 4.94. The third-order valence-corrected chi connectivity index (χ3v) is 1.38. The van der Waals surface area contributed by atoms with E-state index in [4.69, 9.17) is 11.6 Å². The lowest BCUT2D eigenvalue weighted by molar-refractivity contribution is 0.151. The molecule has 3 heteroatoms. The monoisotopic (exact) mass is 161 g/mol. The fraction of sp³-hybridized carbons (Fsp3) is 0.143. The average molecular weight is 162 g/mol. The molecular weight excluding hydrogens is 158 g/mol. The summed E-state index contributed by atoms with van der Waals surface area (Å²) < 4.78 is 23.8. The maximum atomic E-state index is 11.9. The van der Waals surface area contributed by atoms with Crippen LogP contribution in [0.3, 0.4) is 0 Å². The van der Waals surface area contributed by atoms with Gasteiger partial charge in [0.05, 0.1) is 5.02 Å². The lowest BCUT2D eigenvalue weighted by Crippen LogP contribution is -1.83. The lowest BCUT2D eigenvalue weighted by Gasteiger charge is -1.98. The quantitative estimate of drug-likeness (QED) is 0.594. The molecule has 1 rings (SSSR count). The van der Waals surface area contributed by atoms with Crippen LogP contribution in [0, 0.1) is 6.07 Å². The highest BCUT2D eigenvalue weighted by molar-refractivity contribution is 6.31. The van der Waals surface area contributed by atoms with Gasteiger partial charge in [0, 0.05) is 5.56 Å². The number of hydrogen-bond donors (Lipinski definition) is 0. The Bertz CT molecular complexity index is 223. The maximum absolute atomic E-state index is 11.9. The number of hydrogen-bond acceptors (Lipinski definition) is 0. The number of alkyl halides is 2. The second-order valence-electron chi connectivity index (χ2n) is 1.73. The largest absolute Gasteiger partial charge is 0.265 e. The highest BCUT2D eigenvalue weighted by Gasteiger charge is 2.09. The van der Waals surface area contributed by atoms with Crippen LogP contribution >= 0.6 is 11.6 Å². The van der Waals surface area contributed by atoms with Crippen LogP contribution in [0.5, 0.6) is 0 Å². The zero-order valence-corrected chi connectivity index (χ0v) is 5.70. The Morgan fingerprint density at radius 1 is 1.50 bits per heavy atom. The molecule has 0 saturated heterocycles. The van der Waals surface area contributed by atoms with Crippen molar-refractivity contribution in [3.8, 4) is 0 Å². The normalized spacial score (nSPS) is 10.4. The van der Waals surface area contributed by atoms with E-state index in [1.165, 1.54) is 12.1 Å². The lowest BCUT2D eigenvalue weighted by atomic mass is 10.2. The van der Waals surface area contributed by atoms with Crippen LogP contribution < -0.4 is 0 Å². The van der Waals surface area contributed by atoms with E-state index < -0.39 is 6.43 Å². The third kappa shape index (κ3) is 1.45. The van der Waals surface area contributed by atoms with E-state index in [0.29, 0.717) is 0 Å². The standard InChI is InChI=1S/C7H4ClF2/c8-6-4-2-1-3-5(6)7(9)10/h1-2,4,7H. The Morgan fingerprint density at radius 3 is 2.60 bits per heavy atom. The van der Waals surface area contributed by atoms with E-state index in [1.54, 1.807) is 6.07 Å². The Morgan fingerprint density at radius 2 is 2.20 bits per heavy atom. The first kappa shape index (κ1) is 7.48. The number of benzene rings is 1. The summed E-state index contributed by atoms with van der Waals surface area (Å²) >= 11 is 5.41. The summed E-state index contributed by atoms with van der Waals surface area (Å²) in [7, 11) is 0. The van der Waals surface area contributed by atoms with Gasteiger partial charge in [-0.25, -0.2) is 8.78 Å². The van der Waals surface area contributed by atoms with Crippen LogP contribution in [0.4, 0.5) is 8.78 Å². The van der Waals surface area contributed by atoms with Gasteiger partial charge in [-0.15, -0.1) is 0 Å². The molecule has 0 unspecified atom stereocenters. The molecule has 1 radical (unpaired) electrons. The summed E-state index contributed by atoms with van der Waals surface area (Å²) in [5.41, 5.74) is -0.232. The minimum absolute atomic E-state index is 0.0671. The van der Waals surface area contributed by atoms with E-state index in [0.717, 1.165) is 0 Å². The predicted molar refractivity (Wildman–Crippen MR) is 35.2 cm³/mol. The molecule has 0 aliphatic rings. The van der Waals surface area contributed by atoms with Crippen molar-refractivity contribution >= 4 is 11.6 Å². The SMILES string of the molecule is FC(F)c1[c]cccc1Cl. The summed E-state index contributed by atoms with van der Waals surface area (Å²) in [6, 6.07) is 6.74. The third-order valence-electron chi connectivity index (χ3n) is 1.05. The van der Waals surface area contributed by atoms with E-state index in [1.807, 2.05) is 0 Å². The molecule has 0 N–H and O–H groups in total. The Hall–Kier alpha value is -0.630. The van der Waals surface area contributed by atoms with Crippen molar-refractivity contribution in [2.75, 3.05) is 0 Å². The smallest absolute Gasteiger partial charge is 0.205 e. The summed E-state index contributed by atoms with van der Waals surface area (Å²) in [5, 5.41) is 0.0671. The Labute approximate surface area is 62.4 Å². The minimum atomic E-state index is -2.53. The molecule has 0 aliphatic heterocycles. The van der Waals surface area contributed by atoms with Crippen LogP contribution in [0.2, 0.25) is 5.02 Å². The van der Waals surface area contributed by atoms with Crippen molar-refractivity contribution in [2.45, 2.75) is 6.43 Å². The molecule has 0 atom stereocenters. The fourth-order valence-electron chi connectivity index (χ4n) is 0.596. The van der Waals surface area contributed by atoms with Crippen LogP contribution in [0.25, 0.3) is 0 Å². The molecule has 0 nitrogen and oxygen atoms in total. The number of halogens is 3. The van der Waals surface area contributed by atoms with Crippen molar-refractivity contribution in [2.24, 2.45) is 0 Å². The Kier molecular flexibility index (Phi) is 2.22. The van der Waals surface area contributed by atoms with Gasteiger partial charge in [0.2, 0.25) is 0 Å². The van der Waals surface area contributed by atoms with Gasteiger partial charge in [-0.3, -0.25) is 0 Å². The fourth-order valence-corrected chi connectivity index (χ4v) is 0.806. The van der Waals surface area contributed by atoms with Crippen molar-refractivity contribution in [3.63, 3.8) is 0 Å². The van der Waals surface area contributed by atoms with E-state index >= 15 is 0 Å². The van der Waals surface area contributed by atoms with Crippen LogP contribution in [-0.2, 0) is 0 Å². The molecule has 0 fully saturated rings. The first-order valence-electron chi connectivity index (χ1n) is 2.66. The Balaban J connectivity index is 3.03. The number of rotatable bonds is 1. The van der Waals surface area contributed by atoms with E-state index in [9.17, 15) is 8.78 Å².